The number of hydrogen-bond donors (Lipinski definition) is 1. The second kappa shape index (κ2) is 8.31. The fourth-order valence-corrected chi connectivity index (χ4v) is 3.50. The number of nitrogens with zero attached hydrogens (tertiary/aromatic N) is 1. The maximum atomic E-state index is 13.2. The lowest BCUT2D eigenvalue weighted by molar-refractivity contribution is 0.0922. The molecule has 0 unspecified atom stereocenters. The molecule has 4 rings (SSSR count). The monoisotopic (exact) mass is 400 g/mol. The molecule has 3 aromatic carbocycles. The first-order chi connectivity index (χ1) is 14.6. The minimum Gasteiger partial charge on any atom is -0.383 e. The maximum Gasteiger partial charge on any atom is 0.266 e. The predicted octanol–water partition coefficient (Wildman–Crippen LogP) is 3.53. The number of carbonyl (C=O) groups is 3. The molecule has 3 aromatic rings. The molecule has 1 aliphatic heterocycles. The number of hydrogen-bond acceptors (Lipinski definition) is 4. The Morgan fingerprint density at radius 1 is 0.867 bits per heavy atom. The van der Waals surface area contributed by atoms with E-state index in [9.17, 15) is 14.4 Å². The van der Waals surface area contributed by atoms with Gasteiger partial charge in [-0.25, -0.2) is 4.90 Å². The summed E-state index contributed by atoms with van der Waals surface area (Å²) in [5.74, 6) is -1.16. The number of ether oxygens (including phenoxy) is 1. The van der Waals surface area contributed by atoms with Crippen molar-refractivity contribution in [2.45, 2.75) is 0 Å². The fourth-order valence-electron chi connectivity index (χ4n) is 3.50. The molecular formula is C24H20N2O4. The Hall–Kier alpha value is -3.77. The normalized spacial score (nSPS) is 12.8. The third-order valence-corrected chi connectivity index (χ3v) is 4.97. The Bertz CT molecular complexity index is 1130. The minimum absolute atomic E-state index is 0.224. The number of fused-ring (bicyclic) bond motifs is 1. The summed E-state index contributed by atoms with van der Waals surface area (Å²) >= 11 is 0. The number of imide groups is 1. The first-order valence-corrected chi connectivity index (χ1v) is 9.56. The topological polar surface area (TPSA) is 75.7 Å². The van der Waals surface area contributed by atoms with Crippen molar-refractivity contribution in [2.75, 3.05) is 25.2 Å². The van der Waals surface area contributed by atoms with E-state index in [2.05, 4.69) is 5.32 Å². The molecule has 0 aromatic heterocycles. The van der Waals surface area contributed by atoms with E-state index >= 15 is 0 Å². The lowest BCUT2D eigenvalue weighted by Gasteiger charge is -2.18. The van der Waals surface area contributed by atoms with Gasteiger partial charge in [-0.15, -0.1) is 0 Å². The van der Waals surface area contributed by atoms with Crippen molar-refractivity contribution in [3.05, 3.63) is 89.5 Å². The summed E-state index contributed by atoms with van der Waals surface area (Å²) < 4.78 is 4.92. The number of nitrogens with one attached hydrogen (secondary N) is 1. The van der Waals surface area contributed by atoms with Gasteiger partial charge in [-0.1, -0.05) is 48.5 Å². The second-order valence-corrected chi connectivity index (χ2v) is 6.84. The van der Waals surface area contributed by atoms with Gasteiger partial charge >= 0.3 is 0 Å². The van der Waals surface area contributed by atoms with Gasteiger partial charge in [-0.05, 0) is 29.8 Å². The molecule has 150 valence electrons. The Balaban J connectivity index is 1.69. The van der Waals surface area contributed by atoms with Gasteiger partial charge in [0.2, 0.25) is 0 Å². The molecule has 0 bridgehead atoms. The number of benzene rings is 3. The van der Waals surface area contributed by atoms with E-state index in [1.165, 1.54) is 17.0 Å². The van der Waals surface area contributed by atoms with Gasteiger partial charge < -0.3 is 10.1 Å². The van der Waals surface area contributed by atoms with Crippen LogP contribution in [0, 0.1) is 0 Å². The van der Waals surface area contributed by atoms with Crippen LogP contribution in [0.15, 0.2) is 72.8 Å². The first kappa shape index (κ1) is 19.5. The summed E-state index contributed by atoms with van der Waals surface area (Å²) in [7, 11) is 1.55. The molecule has 1 aliphatic rings. The molecule has 0 atom stereocenters. The fraction of sp³-hybridized carbons (Fsp3) is 0.125. The molecule has 0 saturated carbocycles. The molecule has 0 saturated heterocycles. The minimum atomic E-state index is -0.440. The van der Waals surface area contributed by atoms with E-state index in [0.717, 1.165) is 11.1 Å². The second-order valence-electron chi connectivity index (χ2n) is 6.84. The summed E-state index contributed by atoms with van der Waals surface area (Å²) in [6.45, 7) is 0.744. The molecule has 6 nitrogen and oxygen atoms in total. The van der Waals surface area contributed by atoms with Gasteiger partial charge in [0.15, 0.2) is 0 Å². The van der Waals surface area contributed by atoms with E-state index < -0.39 is 11.8 Å². The van der Waals surface area contributed by atoms with Crippen molar-refractivity contribution in [2.24, 2.45) is 0 Å². The molecule has 1 N–H and O–H groups in total. The number of methoxy groups -OCH3 is 1. The molecule has 1 heterocycles. The Morgan fingerprint density at radius 2 is 1.57 bits per heavy atom. The first-order valence-electron chi connectivity index (χ1n) is 9.56. The largest absolute Gasteiger partial charge is 0.383 e. The zero-order valence-electron chi connectivity index (χ0n) is 16.4. The Morgan fingerprint density at radius 3 is 2.33 bits per heavy atom. The van der Waals surface area contributed by atoms with Crippen LogP contribution in [0.2, 0.25) is 0 Å². The van der Waals surface area contributed by atoms with Crippen LogP contribution in [0.5, 0.6) is 0 Å². The molecule has 3 amide bonds. The van der Waals surface area contributed by atoms with E-state index in [1.807, 2.05) is 42.5 Å². The summed E-state index contributed by atoms with van der Waals surface area (Å²) in [6.07, 6.45) is 0. The van der Waals surface area contributed by atoms with Crippen molar-refractivity contribution in [1.29, 1.82) is 0 Å². The van der Waals surface area contributed by atoms with E-state index in [0.29, 0.717) is 24.4 Å². The van der Waals surface area contributed by atoms with Crippen LogP contribution in [0.3, 0.4) is 0 Å². The van der Waals surface area contributed by atoms with Crippen molar-refractivity contribution < 1.29 is 19.1 Å². The molecular weight excluding hydrogens is 380 g/mol. The van der Waals surface area contributed by atoms with Crippen LogP contribution < -0.4 is 10.2 Å². The average Bonchev–Trinajstić information content (AvgIpc) is 3.04. The number of anilines is 1. The lowest BCUT2D eigenvalue weighted by Crippen LogP contribution is -2.30. The zero-order chi connectivity index (χ0) is 21.1. The Kier molecular flexibility index (Phi) is 5.41. The molecule has 0 aliphatic carbocycles. The van der Waals surface area contributed by atoms with E-state index in [4.69, 9.17) is 4.74 Å². The van der Waals surface area contributed by atoms with Crippen LogP contribution >= 0.6 is 0 Å². The average molecular weight is 400 g/mol. The highest BCUT2D eigenvalue weighted by atomic mass is 16.5. The number of amides is 3. The van der Waals surface area contributed by atoms with Gasteiger partial charge in [0, 0.05) is 24.8 Å². The van der Waals surface area contributed by atoms with Crippen LogP contribution in [0.25, 0.3) is 11.1 Å². The number of rotatable bonds is 6. The van der Waals surface area contributed by atoms with Crippen LogP contribution in [0.4, 0.5) is 5.69 Å². The van der Waals surface area contributed by atoms with Crippen molar-refractivity contribution >= 4 is 23.4 Å². The van der Waals surface area contributed by atoms with Crippen LogP contribution in [0.1, 0.15) is 31.1 Å². The zero-order valence-corrected chi connectivity index (χ0v) is 16.4. The summed E-state index contributed by atoms with van der Waals surface area (Å²) in [4.78, 5) is 39.8. The smallest absolute Gasteiger partial charge is 0.266 e. The molecule has 6 heteroatoms. The van der Waals surface area contributed by atoms with Crippen molar-refractivity contribution in [3.8, 4) is 11.1 Å². The number of para-hydroxylation sites is 1. The third kappa shape index (κ3) is 3.49. The molecule has 0 radical (unpaired) electrons. The standard InChI is InChI=1S/C24H20N2O4/c1-30-14-13-25-22(27)17-11-12-19-20(15-17)24(29)26(23(19)28)21-10-6-5-9-18(21)16-7-3-2-4-8-16/h2-12,15H,13-14H2,1H3,(H,25,27). The van der Waals surface area contributed by atoms with Crippen LogP contribution in [-0.4, -0.2) is 38.0 Å². The van der Waals surface area contributed by atoms with E-state index in [-0.39, 0.29) is 17.0 Å². The van der Waals surface area contributed by atoms with Crippen molar-refractivity contribution in [3.63, 3.8) is 0 Å². The van der Waals surface area contributed by atoms with Gasteiger partial charge in [0.25, 0.3) is 17.7 Å². The maximum absolute atomic E-state index is 13.2. The Labute approximate surface area is 174 Å². The molecule has 30 heavy (non-hydrogen) atoms. The van der Waals surface area contributed by atoms with Gasteiger partial charge in [0.1, 0.15) is 0 Å². The third-order valence-electron chi connectivity index (χ3n) is 4.97. The number of carbonyl (C=O) groups excluding carboxylic acids is 3. The molecule has 0 fully saturated rings. The lowest BCUT2D eigenvalue weighted by atomic mass is 10.0. The highest BCUT2D eigenvalue weighted by molar-refractivity contribution is 6.35. The predicted molar refractivity (Wildman–Crippen MR) is 114 cm³/mol. The van der Waals surface area contributed by atoms with Gasteiger partial charge in [0.05, 0.1) is 23.4 Å². The summed E-state index contributed by atoms with van der Waals surface area (Å²) in [6, 6.07) is 21.4. The van der Waals surface area contributed by atoms with Crippen LogP contribution in [-0.2, 0) is 4.74 Å². The van der Waals surface area contributed by atoms with Gasteiger partial charge in [-0.2, -0.15) is 0 Å². The van der Waals surface area contributed by atoms with Gasteiger partial charge in [-0.3, -0.25) is 14.4 Å². The highest BCUT2D eigenvalue weighted by Gasteiger charge is 2.38. The molecule has 0 spiro atoms. The van der Waals surface area contributed by atoms with E-state index in [1.54, 1.807) is 25.3 Å². The highest BCUT2D eigenvalue weighted by Crippen LogP contribution is 2.36. The quantitative estimate of drug-likeness (QED) is 0.507. The van der Waals surface area contributed by atoms with Crippen molar-refractivity contribution in [1.82, 2.24) is 5.32 Å². The SMILES string of the molecule is COCCNC(=O)c1ccc2c(c1)C(=O)N(c1ccccc1-c1ccccc1)C2=O. The summed E-state index contributed by atoms with van der Waals surface area (Å²) in [5, 5.41) is 2.72. The summed E-state index contributed by atoms with van der Waals surface area (Å²) in [5.41, 5.74) is 3.04.